The second-order valence-electron chi connectivity index (χ2n) is 6.32. The van der Waals surface area contributed by atoms with E-state index in [2.05, 4.69) is 25.5 Å². The van der Waals surface area contributed by atoms with Crippen molar-refractivity contribution in [3.63, 3.8) is 0 Å². The van der Waals surface area contributed by atoms with Crippen molar-refractivity contribution < 1.29 is 14.5 Å². The second kappa shape index (κ2) is 9.20. The molecule has 28 heavy (non-hydrogen) atoms. The first kappa shape index (κ1) is 19.6. The Morgan fingerprint density at radius 3 is 2.54 bits per heavy atom. The topological polar surface area (TPSA) is 123 Å². The molecule has 2 N–H and O–H groups in total. The van der Waals surface area contributed by atoms with Crippen LogP contribution in [-0.4, -0.2) is 65.0 Å². The molecule has 10 heteroatoms. The smallest absolute Gasteiger partial charge is 0.353 e. The molecule has 0 bridgehead atoms. The van der Waals surface area contributed by atoms with Gasteiger partial charge in [0, 0.05) is 37.4 Å². The van der Waals surface area contributed by atoms with Crippen LogP contribution in [0.2, 0.25) is 0 Å². The molecule has 1 aromatic heterocycles. The summed E-state index contributed by atoms with van der Waals surface area (Å²) in [5, 5.41) is 17.6. The van der Waals surface area contributed by atoms with Crippen LogP contribution in [0, 0.1) is 10.1 Å². The highest BCUT2D eigenvalue weighted by molar-refractivity contribution is 5.94. The van der Waals surface area contributed by atoms with Gasteiger partial charge in [-0.25, -0.2) is 9.97 Å². The van der Waals surface area contributed by atoms with Crippen LogP contribution in [0.5, 0.6) is 0 Å². The number of hydrogen-bond donors (Lipinski definition) is 2. The zero-order chi connectivity index (χ0) is 19.9. The molecular weight excluding hydrogens is 364 g/mol. The Bertz CT molecular complexity index is 836. The van der Waals surface area contributed by atoms with Crippen LogP contribution in [0.15, 0.2) is 30.6 Å². The maximum absolute atomic E-state index is 11.6. The molecule has 0 atom stereocenters. The average Bonchev–Trinajstić information content (AvgIpc) is 2.69. The maximum Gasteiger partial charge on any atom is 0.353 e. The second-order valence-corrected chi connectivity index (χ2v) is 6.32. The Morgan fingerprint density at radius 1 is 1.21 bits per heavy atom. The minimum absolute atomic E-state index is 0.0497. The summed E-state index contributed by atoms with van der Waals surface area (Å²) in [6.07, 6.45) is 1.27. The summed E-state index contributed by atoms with van der Waals surface area (Å²) in [7, 11) is 0. The van der Waals surface area contributed by atoms with Gasteiger partial charge in [0.05, 0.1) is 18.1 Å². The van der Waals surface area contributed by atoms with E-state index in [0.717, 1.165) is 19.6 Å². The van der Waals surface area contributed by atoms with Crippen molar-refractivity contribution in [3.8, 4) is 0 Å². The highest BCUT2D eigenvalue weighted by Crippen LogP contribution is 2.31. The van der Waals surface area contributed by atoms with Crippen LogP contribution in [0.3, 0.4) is 0 Å². The minimum Gasteiger partial charge on any atom is -0.379 e. The third kappa shape index (κ3) is 4.99. The van der Waals surface area contributed by atoms with Crippen LogP contribution >= 0.6 is 0 Å². The maximum atomic E-state index is 11.6. The Kier molecular flexibility index (Phi) is 6.45. The van der Waals surface area contributed by atoms with Gasteiger partial charge in [-0.05, 0) is 31.2 Å². The van der Waals surface area contributed by atoms with Gasteiger partial charge in [-0.1, -0.05) is 0 Å². The summed E-state index contributed by atoms with van der Waals surface area (Å²) < 4.78 is 5.31. The lowest BCUT2D eigenvalue weighted by molar-refractivity contribution is -0.383. The highest BCUT2D eigenvalue weighted by atomic mass is 16.6. The first-order valence-corrected chi connectivity index (χ1v) is 8.96. The fraction of sp³-hybridized carbons (Fsp3) is 0.389. The number of nitrogens with zero attached hydrogens (tertiary/aromatic N) is 4. The number of ketones is 1. The number of nitro groups is 1. The zero-order valence-corrected chi connectivity index (χ0v) is 15.6. The third-order valence-electron chi connectivity index (χ3n) is 4.38. The van der Waals surface area contributed by atoms with E-state index < -0.39 is 4.92 Å². The number of aromatic nitrogens is 2. The molecule has 1 aliphatic heterocycles. The molecule has 1 aromatic carbocycles. The molecule has 0 aliphatic carbocycles. The Balaban J connectivity index is 1.71. The largest absolute Gasteiger partial charge is 0.379 e. The molecule has 1 saturated heterocycles. The zero-order valence-electron chi connectivity index (χ0n) is 15.6. The highest BCUT2D eigenvalue weighted by Gasteiger charge is 2.23. The molecule has 3 rings (SSSR count). The minimum atomic E-state index is -0.511. The summed E-state index contributed by atoms with van der Waals surface area (Å²) in [6.45, 7) is 5.82. The van der Waals surface area contributed by atoms with Gasteiger partial charge in [0.2, 0.25) is 11.6 Å². The monoisotopic (exact) mass is 386 g/mol. The molecule has 0 unspecified atom stereocenters. The van der Waals surface area contributed by atoms with Gasteiger partial charge in [0.15, 0.2) is 5.78 Å². The van der Waals surface area contributed by atoms with E-state index in [1.54, 1.807) is 24.3 Å². The number of Topliss-reactive ketones (excluding diaryl/α,β-unsaturated/α-hetero) is 1. The predicted molar refractivity (Wildman–Crippen MR) is 104 cm³/mol. The summed E-state index contributed by atoms with van der Waals surface area (Å²) in [5.74, 6) is 0.201. The fourth-order valence-electron chi connectivity index (χ4n) is 2.85. The molecule has 0 saturated carbocycles. The number of nitrogens with one attached hydrogen (secondary N) is 2. The van der Waals surface area contributed by atoms with Gasteiger partial charge in [0.1, 0.15) is 6.33 Å². The van der Waals surface area contributed by atoms with Gasteiger partial charge in [-0.2, -0.15) is 0 Å². The molecule has 148 valence electrons. The number of morpholine rings is 1. The van der Waals surface area contributed by atoms with Gasteiger partial charge in [-0.15, -0.1) is 0 Å². The van der Waals surface area contributed by atoms with Crippen LogP contribution in [-0.2, 0) is 4.74 Å². The van der Waals surface area contributed by atoms with Crippen LogP contribution in [0.1, 0.15) is 17.3 Å². The third-order valence-corrected chi connectivity index (χ3v) is 4.38. The Labute approximate surface area is 162 Å². The van der Waals surface area contributed by atoms with Crippen molar-refractivity contribution in [1.82, 2.24) is 14.9 Å². The lowest BCUT2D eigenvalue weighted by Crippen LogP contribution is -2.39. The fourth-order valence-corrected chi connectivity index (χ4v) is 2.85. The lowest BCUT2D eigenvalue weighted by atomic mass is 10.1. The number of carbonyl (C=O) groups is 1. The molecule has 2 heterocycles. The number of rotatable bonds is 8. The van der Waals surface area contributed by atoms with Crippen LogP contribution in [0.25, 0.3) is 0 Å². The number of hydrogen-bond acceptors (Lipinski definition) is 9. The Hall–Kier alpha value is -3.11. The van der Waals surface area contributed by atoms with E-state index in [9.17, 15) is 14.9 Å². The quantitative estimate of drug-likeness (QED) is 0.399. The molecule has 2 aromatic rings. The normalized spacial score (nSPS) is 14.5. The average molecular weight is 386 g/mol. The summed E-state index contributed by atoms with van der Waals surface area (Å²) in [6, 6.07) is 6.65. The lowest BCUT2D eigenvalue weighted by Gasteiger charge is -2.26. The molecule has 1 aliphatic rings. The predicted octanol–water partition coefficient (Wildman–Crippen LogP) is 2.08. The van der Waals surface area contributed by atoms with E-state index in [1.807, 2.05) is 0 Å². The van der Waals surface area contributed by atoms with E-state index in [1.165, 1.54) is 13.3 Å². The first-order valence-electron chi connectivity index (χ1n) is 8.96. The van der Waals surface area contributed by atoms with Crippen molar-refractivity contribution in [2.75, 3.05) is 50.0 Å². The number of benzene rings is 1. The van der Waals surface area contributed by atoms with Gasteiger partial charge in [0.25, 0.3) is 0 Å². The van der Waals surface area contributed by atoms with E-state index >= 15 is 0 Å². The number of carbonyl (C=O) groups excluding carboxylic acids is 1. The Morgan fingerprint density at radius 2 is 1.89 bits per heavy atom. The van der Waals surface area contributed by atoms with Gasteiger partial charge < -0.3 is 15.4 Å². The van der Waals surface area contributed by atoms with Crippen molar-refractivity contribution in [2.24, 2.45) is 0 Å². The standard InChI is InChI=1S/C18H22N6O4/c1-13(25)14-2-4-15(5-3-14)22-18-16(24(26)27)17(20-12-21-18)19-6-7-23-8-10-28-11-9-23/h2-5,12H,6-11H2,1H3,(H2,19,20,21,22). The number of ether oxygens (including phenoxy) is 1. The number of anilines is 3. The van der Waals surface area contributed by atoms with Crippen molar-refractivity contribution in [2.45, 2.75) is 6.92 Å². The van der Waals surface area contributed by atoms with Gasteiger partial charge >= 0.3 is 5.69 Å². The van der Waals surface area contributed by atoms with E-state index in [4.69, 9.17) is 4.74 Å². The first-order chi connectivity index (χ1) is 13.5. The summed E-state index contributed by atoms with van der Waals surface area (Å²) in [5.41, 5.74) is 0.930. The van der Waals surface area contributed by atoms with Gasteiger partial charge in [-0.3, -0.25) is 19.8 Å². The van der Waals surface area contributed by atoms with E-state index in [-0.39, 0.29) is 23.1 Å². The van der Waals surface area contributed by atoms with Crippen molar-refractivity contribution in [1.29, 1.82) is 0 Å². The summed E-state index contributed by atoms with van der Waals surface area (Å²) >= 11 is 0. The van der Waals surface area contributed by atoms with E-state index in [0.29, 0.717) is 31.0 Å². The molecule has 0 amide bonds. The van der Waals surface area contributed by atoms with Crippen LogP contribution in [0.4, 0.5) is 23.0 Å². The van der Waals surface area contributed by atoms with Crippen molar-refractivity contribution >= 4 is 28.8 Å². The molecule has 0 spiro atoms. The van der Waals surface area contributed by atoms with Crippen molar-refractivity contribution in [3.05, 3.63) is 46.3 Å². The molecular formula is C18H22N6O4. The van der Waals surface area contributed by atoms with Crippen LogP contribution < -0.4 is 10.6 Å². The summed E-state index contributed by atoms with van der Waals surface area (Å²) in [4.78, 5) is 32.7. The SMILES string of the molecule is CC(=O)c1ccc(Nc2ncnc(NCCN3CCOCC3)c2[N+](=O)[O-])cc1. The molecule has 1 fully saturated rings. The molecule has 10 nitrogen and oxygen atoms in total. The molecule has 0 radical (unpaired) electrons.